The van der Waals surface area contributed by atoms with Crippen LogP contribution < -0.4 is 0 Å². The number of hydrogen-bond acceptors (Lipinski definition) is 4. The highest BCUT2D eigenvalue weighted by Gasteiger charge is 2.28. The number of nitrogens with zero attached hydrogens (tertiary/aromatic N) is 2. The lowest BCUT2D eigenvalue weighted by atomic mass is 10.1. The Labute approximate surface area is 127 Å². The molecule has 1 aromatic rings. The Kier molecular flexibility index (Phi) is 5.03. The van der Waals surface area contributed by atoms with E-state index in [1.165, 1.54) is 4.31 Å². The smallest absolute Gasteiger partial charge is 0.242 e. The molecule has 1 atom stereocenters. The second-order valence-electron chi connectivity index (χ2n) is 5.81. The molecule has 1 heterocycles. The molecule has 1 N–H and O–H groups in total. The number of likely N-dealkylation sites (N-methyl/N-ethyl adjacent to an activating group) is 2. The van der Waals surface area contributed by atoms with Gasteiger partial charge in [-0.1, -0.05) is 6.07 Å². The standard InChI is InChI=1S/C15H24N2O3S/c1-12-6-7-15(9-13(12)11-18)21(19,20)17(3)10-14-5-4-8-16(14)2/h6-7,9,14,18H,4-5,8,10-11H2,1-3H3. The summed E-state index contributed by atoms with van der Waals surface area (Å²) in [6.07, 6.45) is 2.15. The molecule has 0 aliphatic carbocycles. The molecule has 1 fully saturated rings. The Balaban J connectivity index is 2.20. The quantitative estimate of drug-likeness (QED) is 0.887. The van der Waals surface area contributed by atoms with Crippen molar-refractivity contribution in [1.29, 1.82) is 0 Å². The van der Waals surface area contributed by atoms with Gasteiger partial charge in [0.25, 0.3) is 0 Å². The third-order valence-corrected chi connectivity index (χ3v) is 6.16. The lowest BCUT2D eigenvalue weighted by Crippen LogP contribution is -2.39. The van der Waals surface area contributed by atoms with Crippen molar-refractivity contribution in [2.45, 2.75) is 37.3 Å². The fourth-order valence-electron chi connectivity index (χ4n) is 2.76. The van der Waals surface area contributed by atoms with E-state index in [0.717, 1.165) is 24.9 Å². The molecule has 6 heteroatoms. The summed E-state index contributed by atoms with van der Waals surface area (Å²) in [5.41, 5.74) is 1.55. The Morgan fingerprint density at radius 3 is 2.71 bits per heavy atom. The minimum absolute atomic E-state index is 0.149. The minimum atomic E-state index is -3.50. The minimum Gasteiger partial charge on any atom is -0.392 e. The fraction of sp³-hybridized carbons (Fsp3) is 0.600. The molecule has 0 spiro atoms. The van der Waals surface area contributed by atoms with Gasteiger partial charge < -0.3 is 10.0 Å². The Hall–Kier alpha value is -0.950. The molecule has 0 bridgehead atoms. The van der Waals surface area contributed by atoms with Crippen molar-refractivity contribution in [3.63, 3.8) is 0 Å². The van der Waals surface area contributed by atoms with Crippen LogP contribution in [0.15, 0.2) is 23.1 Å². The summed E-state index contributed by atoms with van der Waals surface area (Å²) >= 11 is 0. The summed E-state index contributed by atoms with van der Waals surface area (Å²) in [4.78, 5) is 2.46. The van der Waals surface area contributed by atoms with Crippen molar-refractivity contribution in [3.8, 4) is 0 Å². The molecule has 5 nitrogen and oxygen atoms in total. The predicted molar refractivity (Wildman–Crippen MR) is 82.6 cm³/mol. The van der Waals surface area contributed by atoms with Gasteiger partial charge in [-0.25, -0.2) is 8.42 Å². The predicted octanol–water partition coefficient (Wildman–Crippen LogP) is 1.20. The average molecular weight is 312 g/mol. The van der Waals surface area contributed by atoms with Crippen molar-refractivity contribution in [2.75, 3.05) is 27.2 Å². The molecule has 118 valence electrons. The topological polar surface area (TPSA) is 60.9 Å². The molecule has 1 saturated heterocycles. The Morgan fingerprint density at radius 2 is 2.14 bits per heavy atom. The highest BCUT2D eigenvalue weighted by Crippen LogP contribution is 2.22. The number of rotatable bonds is 5. The van der Waals surface area contributed by atoms with Gasteiger partial charge in [-0.2, -0.15) is 4.31 Å². The number of likely N-dealkylation sites (tertiary alicyclic amines) is 1. The first kappa shape index (κ1) is 16.4. The van der Waals surface area contributed by atoms with E-state index in [9.17, 15) is 13.5 Å². The lowest BCUT2D eigenvalue weighted by molar-refractivity contribution is 0.271. The zero-order valence-electron chi connectivity index (χ0n) is 12.9. The van der Waals surface area contributed by atoms with Crippen LogP contribution in [0.2, 0.25) is 0 Å². The first-order valence-corrected chi connectivity index (χ1v) is 8.67. The summed E-state index contributed by atoms with van der Waals surface area (Å²) in [6, 6.07) is 5.21. The van der Waals surface area contributed by atoms with Crippen LogP contribution >= 0.6 is 0 Å². The molecule has 0 aromatic heterocycles. The molecule has 1 aliphatic rings. The molecular weight excluding hydrogens is 288 g/mol. The van der Waals surface area contributed by atoms with Gasteiger partial charge in [0.2, 0.25) is 10.0 Å². The molecular formula is C15H24N2O3S. The summed E-state index contributed by atoms with van der Waals surface area (Å²) in [7, 11) is 0.157. The maximum absolute atomic E-state index is 12.6. The summed E-state index contributed by atoms with van der Waals surface area (Å²) < 4.78 is 26.7. The van der Waals surface area contributed by atoms with Gasteiger partial charge in [0.05, 0.1) is 11.5 Å². The van der Waals surface area contributed by atoms with E-state index in [0.29, 0.717) is 12.1 Å². The van der Waals surface area contributed by atoms with Crippen LogP contribution in [0.25, 0.3) is 0 Å². The molecule has 0 radical (unpaired) electrons. The van der Waals surface area contributed by atoms with Crippen LogP contribution in [0.1, 0.15) is 24.0 Å². The number of aryl methyl sites for hydroxylation is 1. The molecule has 1 aliphatic heterocycles. The second kappa shape index (κ2) is 6.44. The van der Waals surface area contributed by atoms with E-state index >= 15 is 0 Å². The molecule has 0 amide bonds. The zero-order chi connectivity index (χ0) is 15.6. The number of aliphatic hydroxyl groups is 1. The van der Waals surface area contributed by atoms with Crippen molar-refractivity contribution < 1.29 is 13.5 Å². The number of hydrogen-bond donors (Lipinski definition) is 1. The average Bonchev–Trinajstić information content (AvgIpc) is 2.84. The van der Waals surface area contributed by atoms with Gasteiger partial charge in [0.15, 0.2) is 0 Å². The summed E-state index contributed by atoms with van der Waals surface area (Å²) in [5, 5.41) is 9.30. The number of benzene rings is 1. The van der Waals surface area contributed by atoms with Crippen LogP contribution in [-0.4, -0.2) is 56.0 Å². The normalized spacial score (nSPS) is 20.3. The first-order valence-electron chi connectivity index (χ1n) is 7.23. The van der Waals surface area contributed by atoms with Gasteiger partial charge >= 0.3 is 0 Å². The van der Waals surface area contributed by atoms with Gasteiger partial charge in [-0.3, -0.25) is 0 Å². The first-order chi connectivity index (χ1) is 9.86. The van der Waals surface area contributed by atoms with E-state index in [2.05, 4.69) is 4.90 Å². The van der Waals surface area contributed by atoms with Gasteiger partial charge in [-0.05, 0) is 56.6 Å². The molecule has 1 aromatic carbocycles. The largest absolute Gasteiger partial charge is 0.392 e. The van der Waals surface area contributed by atoms with Crippen molar-refractivity contribution in [3.05, 3.63) is 29.3 Å². The van der Waals surface area contributed by atoms with Crippen LogP contribution in [0.4, 0.5) is 0 Å². The zero-order valence-corrected chi connectivity index (χ0v) is 13.7. The van der Waals surface area contributed by atoms with E-state index in [-0.39, 0.29) is 17.5 Å². The van der Waals surface area contributed by atoms with E-state index in [1.807, 2.05) is 14.0 Å². The SMILES string of the molecule is Cc1ccc(S(=O)(=O)N(C)CC2CCCN2C)cc1CO. The second-order valence-corrected chi connectivity index (χ2v) is 7.85. The van der Waals surface area contributed by atoms with Crippen molar-refractivity contribution in [2.24, 2.45) is 0 Å². The van der Waals surface area contributed by atoms with E-state index < -0.39 is 10.0 Å². The Morgan fingerprint density at radius 1 is 1.43 bits per heavy atom. The van der Waals surface area contributed by atoms with Gasteiger partial charge in [0.1, 0.15) is 0 Å². The van der Waals surface area contributed by atoms with Crippen LogP contribution in [0, 0.1) is 6.92 Å². The Bertz CT molecular complexity index is 601. The van der Waals surface area contributed by atoms with Gasteiger partial charge in [-0.15, -0.1) is 0 Å². The fourth-order valence-corrected chi connectivity index (χ4v) is 4.02. The number of sulfonamides is 1. The maximum atomic E-state index is 12.6. The van der Waals surface area contributed by atoms with Crippen molar-refractivity contribution >= 4 is 10.0 Å². The molecule has 21 heavy (non-hydrogen) atoms. The number of aliphatic hydroxyl groups excluding tert-OH is 1. The summed E-state index contributed by atoms with van der Waals surface area (Å²) in [5.74, 6) is 0. The van der Waals surface area contributed by atoms with Gasteiger partial charge in [0, 0.05) is 19.6 Å². The molecule has 1 unspecified atom stereocenters. The highest BCUT2D eigenvalue weighted by molar-refractivity contribution is 7.89. The van der Waals surface area contributed by atoms with Crippen molar-refractivity contribution in [1.82, 2.24) is 9.21 Å². The summed E-state index contributed by atoms with van der Waals surface area (Å²) in [6.45, 7) is 3.24. The third-order valence-electron chi connectivity index (χ3n) is 4.34. The maximum Gasteiger partial charge on any atom is 0.242 e. The van der Waals surface area contributed by atoms with Crippen LogP contribution in [0.3, 0.4) is 0 Å². The van der Waals surface area contributed by atoms with E-state index in [1.54, 1.807) is 25.2 Å². The van der Waals surface area contributed by atoms with Crippen LogP contribution in [-0.2, 0) is 16.6 Å². The van der Waals surface area contributed by atoms with Crippen LogP contribution in [0.5, 0.6) is 0 Å². The lowest BCUT2D eigenvalue weighted by Gasteiger charge is -2.25. The third kappa shape index (κ3) is 3.45. The molecule has 2 rings (SSSR count). The molecule has 0 saturated carbocycles. The highest BCUT2D eigenvalue weighted by atomic mass is 32.2. The monoisotopic (exact) mass is 312 g/mol. The van der Waals surface area contributed by atoms with E-state index in [4.69, 9.17) is 0 Å².